The van der Waals surface area contributed by atoms with E-state index in [-0.39, 0.29) is 11.5 Å². The highest BCUT2D eigenvalue weighted by atomic mass is 19.1. The highest BCUT2D eigenvalue weighted by Crippen LogP contribution is 2.26. The fourth-order valence-corrected chi connectivity index (χ4v) is 3.21. The number of rotatable bonds is 4. The van der Waals surface area contributed by atoms with Crippen molar-refractivity contribution in [1.82, 2.24) is 25.6 Å². The molecule has 4 amide bonds. The molecule has 4 rings (SSSR count). The SMILES string of the molecule is Cc1c(C(=O)Nc2cccc(C3(C)NC(=O)NC3=O)c2)nnn1-c1ccc(F)cc1. The van der Waals surface area contributed by atoms with Gasteiger partial charge in [0.25, 0.3) is 11.8 Å². The predicted octanol–water partition coefficient (Wildman–Crippen LogP) is 2.02. The molecule has 2 aromatic carbocycles. The number of urea groups is 1. The largest absolute Gasteiger partial charge is 0.322 e. The van der Waals surface area contributed by atoms with Gasteiger partial charge in [-0.25, -0.2) is 13.9 Å². The minimum Gasteiger partial charge on any atom is -0.321 e. The molecule has 0 radical (unpaired) electrons. The number of halogens is 1. The number of hydrogen-bond donors (Lipinski definition) is 3. The zero-order chi connectivity index (χ0) is 21.5. The molecule has 1 fully saturated rings. The van der Waals surface area contributed by atoms with Gasteiger partial charge in [-0.1, -0.05) is 17.3 Å². The van der Waals surface area contributed by atoms with Gasteiger partial charge in [-0.05, 0) is 55.8 Å². The molecule has 152 valence electrons. The van der Waals surface area contributed by atoms with Crippen molar-refractivity contribution in [3.05, 3.63) is 71.3 Å². The molecule has 1 saturated heterocycles. The fourth-order valence-electron chi connectivity index (χ4n) is 3.21. The molecular weight excluding hydrogens is 391 g/mol. The van der Waals surface area contributed by atoms with Crippen LogP contribution >= 0.6 is 0 Å². The fraction of sp³-hybridized carbons (Fsp3) is 0.150. The summed E-state index contributed by atoms with van der Waals surface area (Å²) in [6, 6.07) is 11.7. The van der Waals surface area contributed by atoms with E-state index >= 15 is 0 Å². The highest BCUT2D eigenvalue weighted by Gasteiger charge is 2.43. The first-order valence-electron chi connectivity index (χ1n) is 9.01. The first-order valence-corrected chi connectivity index (χ1v) is 9.01. The van der Waals surface area contributed by atoms with E-state index in [2.05, 4.69) is 26.3 Å². The first-order chi connectivity index (χ1) is 14.3. The van der Waals surface area contributed by atoms with Crippen molar-refractivity contribution in [2.75, 3.05) is 5.32 Å². The monoisotopic (exact) mass is 408 g/mol. The molecule has 1 aliphatic rings. The predicted molar refractivity (Wildman–Crippen MR) is 104 cm³/mol. The third kappa shape index (κ3) is 3.28. The summed E-state index contributed by atoms with van der Waals surface area (Å²) in [7, 11) is 0. The van der Waals surface area contributed by atoms with Crippen LogP contribution in [0.4, 0.5) is 14.9 Å². The van der Waals surface area contributed by atoms with Gasteiger partial charge in [0, 0.05) is 5.69 Å². The van der Waals surface area contributed by atoms with Crippen LogP contribution in [0, 0.1) is 12.7 Å². The van der Waals surface area contributed by atoms with Crippen molar-refractivity contribution in [3.63, 3.8) is 0 Å². The van der Waals surface area contributed by atoms with Crippen molar-refractivity contribution in [2.45, 2.75) is 19.4 Å². The number of nitrogens with one attached hydrogen (secondary N) is 3. The van der Waals surface area contributed by atoms with Gasteiger partial charge < -0.3 is 10.6 Å². The van der Waals surface area contributed by atoms with Crippen molar-refractivity contribution in [1.29, 1.82) is 0 Å². The molecule has 0 bridgehead atoms. The van der Waals surface area contributed by atoms with E-state index in [1.807, 2.05) is 0 Å². The Labute approximate surface area is 170 Å². The normalized spacial score (nSPS) is 18.1. The molecule has 1 aliphatic heterocycles. The number of anilines is 1. The van der Waals surface area contributed by atoms with Crippen LogP contribution in [-0.4, -0.2) is 32.8 Å². The van der Waals surface area contributed by atoms with Crippen molar-refractivity contribution >= 4 is 23.5 Å². The quantitative estimate of drug-likeness (QED) is 0.571. The maximum atomic E-state index is 13.1. The van der Waals surface area contributed by atoms with E-state index in [0.717, 1.165) is 0 Å². The lowest BCUT2D eigenvalue weighted by Crippen LogP contribution is -2.40. The van der Waals surface area contributed by atoms with Gasteiger partial charge >= 0.3 is 6.03 Å². The van der Waals surface area contributed by atoms with Crippen LogP contribution < -0.4 is 16.0 Å². The Bertz CT molecular complexity index is 1170. The van der Waals surface area contributed by atoms with Gasteiger partial charge in [0.05, 0.1) is 11.4 Å². The minimum absolute atomic E-state index is 0.0999. The summed E-state index contributed by atoms with van der Waals surface area (Å²) in [4.78, 5) is 36.4. The van der Waals surface area contributed by atoms with Gasteiger partial charge in [0.15, 0.2) is 5.69 Å². The average molecular weight is 408 g/mol. The van der Waals surface area contributed by atoms with Gasteiger partial charge in [-0.2, -0.15) is 0 Å². The van der Waals surface area contributed by atoms with Crippen LogP contribution in [0.25, 0.3) is 5.69 Å². The van der Waals surface area contributed by atoms with E-state index in [9.17, 15) is 18.8 Å². The molecule has 3 aromatic rings. The maximum Gasteiger partial charge on any atom is 0.322 e. The van der Waals surface area contributed by atoms with E-state index in [4.69, 9.17) is 0 Å². The molecule has 10 heteroatoms. The smallest absolute Gasteiger partial charge is 0.321 e. The Hall–Kier alpha value is -4.08. The second-order valence-corrected chi connectivity index (χ2v) is 6.98. The van der Waals surface area contributed by atoms with Gasteiger partial charge in [0.1, 0.15) is 11.4 Å². The number of nitrogens with zero attached hydrogens (tertiary/aromatic N) is 3. The maximum absolute atomic E-state index is 13.1. The molecule has 2 heterocycles. The second-order valence-electron chi connectivity index (χ2n) is 6.98. The summed E-state index contributed by atoms with van der Waals surface area (Å²) in [5, 5.41) is 15.4. The van der Waals surface area contributed by atoms with Crippen LogP contribution in [0.5, 0.6) is 0 Å². The third-order valence-electron chi connectivity index (χ3n) is 4.92. The van der Waals surface area contributed by atoms with Crippen molar-refractivity contribution < 1.29 is 18.8 Å². The van der Waals surface area contributed by atoms with Crippen LogP contribution in [0.2, 0.25) is 0 Å². The Morgan fingerprint density at radius 2 is 1.90 bits per heavy atom. The second kappa shape index (κ2) is 7.07. The molecule has 30 heavy (non-hydrogen) atoms. The van der Waals surface area contributed by atoms with E-state index in [1.54, 1.807) is 38.1 Å². The van der Waals surface area contributed by atoms with Gasteiger partial charge in [-0.3, -0.25) is 14.9 Å². The third-order valence-corrected chi connectivity index (χ3v) is 4.92. The lowest BCUT2D eigenvalue weighted by molar-refractivity contribution is -0.123. The van der Waals surface area contributed by atoms with Crippen LogP contribution in [-0.2, 0) is 10.3 Å². The number of hydrogen-bond acceptors (Lipinski definition) is 5. The Kier molecular flexibility index (Phi) is 4.53. The number of aromatic nitrogens is 3. The Morgan fingerprint density at radius 3 is 2.57 bits per heavy atom. The molecule has 1 aromatic heterocycles. The Morgan fingerprint density at radius 1 is 1.17 bits per heavy atom. The molecule has 1 atom stereocenters. The number of imide groups is 1. The van der Waals surface area contributed by atoms with Crippen LogP contribution in [0.1, 0.15) is 28.7 Å². The summed E-state index contributed by atoms with van der Waals surface area (Å²) in [5.74, 6) is -1.35. The first kappa shape index (κ1) is 19.2. The number of benzene rings is 2. The lowest BCUT2D eigenvalue weighted by Gasteiger charge is -2.21. The molecular formula is C20H17FN6O3. The van der Waals surface area contributed by atoms with E-state index < -0.39 is 23.4 Å². The van der Waals surface area contributed by atoms with Crippen LogP contribution in [0.3, 0.4) is 0 Å². The van der Waals surface area contributed by atoms with Crippen molar-refractivity contribution in [2.24, 2.45) is 0 Å². The Balaban J connectivity index is 1.57. The number of carbonyl (C=O) groups is 3. The molecule has 0 saturated carbocycles. The zero-order valence-electron chi connectivity index (χ0n) is 16.1. The van der Waals surface area contributed by atoms with Gasteiger partial charge in [-0.15, -0.1) is 5.10 Å². The molecule has 1 unspecified atom stereocenters. The highest BCUT2D eigenvalue weighted by molar-refractivity contribution is 6.07. The molecule has 9 nitrogen and oxygen atoms in total. The number of amides is 4. The average Bonchev–Trinajstić information content (AvgIpc) is 3.22. The summed E-state index contributed by atoms with van der Waals surface area (Å²) in [6.07, 6.45) is 0. The molecule has 3 N–H and O–H groups in total. The van der Waals surface area contributed by atoms with E-state index in [1.165, 1.54) is 28.9 Å². The summed E-state index contributed by atoms with van der Waals surface area (Å²) in [5.41, 5.74) is 0.837. The zero-order valence-corrected chi connectivity index (χ0v) is 16.1. The number of carbonyl (C=O) groups excluding carboxylic acids is 3. The standard InChI is InChI=1S/C20H17FN6O3/c1-11-16(25-26-27(11)15-8-6-13(21)7-9-15)17(28)22-14-5-3-4-12(10-14)20(2)18(29)23-19(30)24-20/h3-10H,1-2H3,(H,22,28)(H2,23,24,29,30). The summed E-state index contributed by atoms with van der Waals surface area (Å²) >= 11 is 0. The topological polar surface area (TPSA) is 118 Å². The van der Waals surface area contributed by atoms with Crippen LogP contribution in [0.15, 0.2) is 48.5 Å². The molecule has 0 aliphatic carbocycles. The summed E-state index contributed by atoms with van der Waals surface area (Å²) in [6.45, 7) is 3.25. The minimum atomic E-state index is -1.24. The molecule has 0 spiro atoms. The van der Waals surface area contributed by atoms with E-state index in [0.29, 0.717) is 22.6 Å². The lowest BCUT2D eigenvalue weighted by atomic mass is 9.92. The summed E-state index contributed by atoms with van der Waals surface area (Å²) < 4.78 is 14.6. The van der Waals surface area contributed by atoms with Gasteiger partial charge in [0.2, 0.25) is 0 Å². The van der Waals surface area contributed by atoms with Crippen molar-refractivity contribution in [3.8, 4) is 5.69 Å².